The van der Waals surface area contributed by atoms with E-state index in [1.807, 2.05) is 11.5 Å². The molecule has 0 spiro atoms. The minimum Gasteiger partial charge on any atom is -0.481 e. The number of fused-ring (bicyclic) bond motifs is 1. The fourth-order valence-corrected chi connectivity index (χ4v) is 4.43. The van der Waals surface area contributed by atoms with Gasteiger partial charge in [0.05, 0.1) is 18.2 Å². The van der Waals surface area contributed by atoms with E-state index in [1.54, 1.807) is 11.8 Å². The van der Waals surface area contributed by atoms with Crippen molar-refractivity contribution in [3.63, 3.8) is 0 Å². The molecule has 12 heteroatoms. The Morgan fingerprint density at radius 1 is 1.18 bits per heavy atom. The molecule has 0 saturated heterocycles. The van der Waals surface area contributed by atoms with Gasteiger partial charge in [0.2, 0.25) is 5.91 Å². The van der Waals surface area contributed by atoms with Gasteiger partial charge in [0, 0.05) is 25.1 Å². The Hall–Kier alpha value is -3.67. The van der Waals surface area contributed by atoms with Crippen molar-refractivity contribution in [2.75, 3.05) is 11.9 Å². The van der Waals surface area contributed by atoms with Gasteiger partial charge >= 0.3 is 5.97 Å². The number of benzene rings is 1. The highest BCUT2D eigenvalue weighted by Crippen LogP contribution is 2.37. The SMILES string of the molecule is Cc1nsc(-c2nc(NC(=O)CCC(=O)O)c3n2CCN(C(=O)c2ccc(F)cc2)C3C)n1. The van der Waals surface area contributed by atoms with E-state index in [2.05, 4.69) is 19.7 Å². The molecular weight excluding hydrogens is 451 g/mol. The molecule has 2 aromatic heterocycles. The molecule has 2 amide bonds. The van der Waals surface area contributed by atoms with Crippen LogP contribution in [-0.2, 0) is 16.1 Å². The van der Waals surface area contributed by atoms with E-state index in [-0.39, 0.29) is 24.6 Å². The van der Waals surface area contributed by atoms with Crippen molar-refractivity contribution in [1.29, 1.82) is 0 Å². The molecule has 0 aliphatic carbocycles. The first-order chi connectivity index (χ1) is 15.7. The third kappa shape index (κ3) is 4.60. The first-order valence-corrected chi connectivity index (χ1v) is 11.0. The number of carbonyl (C=O) groups excluding carboxylic acids is 2. The van der Waals surface area contributed by atoms with Crippen LogP contribution >= 0.6 is 11.5 Å². The number of nitrogens with zero attached hydrogens (tertiary/aromatic N) is 5. The molecule has 1 aliphatic heterocycles. The number of anilines is 1. The van der Waals surface area contributed by atoms with E-state index in [1.165, 1.54) is 35.8 Å². The Balaban J connectivity index is 1.69. The minimum atomic E-state index is -1.08. The summed E-state index contributed by atoms with van der Waals surface area (Å²) in [6, 6.07) is 4.86. The maximum absolute atomic E-state index is 13.3. The van der Waals surface area contributed by atoms with E-state index >= 15 is 0 Å². The summed E-state index contributed by atoms with van der Waals surface area (Å²) in [5.74, 6) is -0.913. The number of aliphatic carboxylic acids is 1. The van der Waals surface area contributed by atoms with Crippen LogP contribution in [0.4, 0.5) is 10.2 Å². The predicted octanol–water partition coefficient (Wildman–Crippen LogP) is 2.87. The Bertz CT molecular complexity index is 1220. The lowest BCUT2D eigenvalue weighted by atomic mass is 10.1. The van der Waals surface area contributed by atoms with Crippen molar-refractivity contribution in [1.82, 2.24) is 23.8 Å². The summed E-state index contributed by atoms with van der Waals surface area (Å²) in [6.07, 6.45) is -0.517. The fraction of sp³-hybridized carbons (Fsp3) is 0.333. The van der Waals surface area contributed by atoms with Crippen LogP contribution in [0.5, 0.6) is 0 Å². The second-order valence-corrected chi connectivity index (χ2v) is 8.34. The number of imidazole rings is 1. The molecule has 1 aliphatic rings. The number of hydrogen-bond donors (Lipinski definition) is 2. The lowest BCUT2D eigenvalue weighted by Gasteiger charge is -2.35. The molecule has 2 N–H and O–H groups in total. The predicted molar refractivity (Wildman–Crippen MR) is 117 cm³/mol. The first-order valence-electron chi connectivity index (χ1n) is 10.2. The van der Waals surface area contributed by atoms with Crippen LogP contribution in [0.25, 0.3) is 10.8 Å². The number of carboxylic acid groups (broad SMARTS) is 1. The number of carbonyl (C=O) groups is 3. The Morgan fingerprint density at radius 2 is 1.91 bits per heavy atom. The quantitative estimate of drug-likeness (QED) is 0.564. The van der Waals surface area contributed by atoms with Crippen LogP contribution in [0, 0.1) is 12.7 Å². The molecule has 1 unspecified atom stereocenters. The molecule has 3 heterocycles. The summed E-state index contributed by atoms with van der Waals surface area (Å²) in [7, 11) is 0. The van der Waals surface area contributed by atoms with Crippen molar-refractivity contribution < 1.29 is 23.9 Å². The van der Waals surface area contributed by atoms with Crippen LogP contribution in [0.15, 0.2) is 24.3 Å². The number of carboxylic acids is 1. The number of aryl methyl sites for hydroxylation is 1. The Labute approximate surface area is 192 Å². The van der Waals surface area contributed by atoms with Gasteiger partial charge in [0.25, 0.3) is 5.91 Å². The third-order valence-corrected chi connectivity index (χ3v) is 6.13. The van der Waals surface area contributed by atoms with Gasteiger partial charge in [-0.25, -0.2) is 14.4 Å². The topological polar surface area (TPSA) is 130 Å². The number of halogens is 1. The van der Waals surface area contributed by atoms with Crippen LogP contribution in [-0.4, -0.2) is 53.2 Å². The minimum absolute atomic E-state index is 0.207. The maximum atomic E-state index is 13.3. The average Bonchev–Trinajstić information content (AvgIpc) is 3.36. The summed E-state index contributed by atoms with van der Waals surface area (Å²) < 4.78 is 19.4. The highest BCUT2D eigenvalue weighted by Gasteiger charge is 2.35. The van der Waals surface area contributed by atoms with Crippen molar-refractivity contribution in [2.24, 2.45) is 0 Å². The lowest BCUT2D eigenvalue weighted by molar-refractivity contribution is -0.138. The normalized spacial score (nSPS) is 15.2. The molecule has 0 fully saturated rings. The summed E-state index contributed by atoms with van der Waals surface area (Å²) in [4.78, 5) is 46.9. The number of nitrogens with one attached hydrogen (secondary N) is 1. The van der Waals surface area contributed by atoms with Gasteiger partial charge in [-0.2, -0.15) is 4.37 Å². The summed E-state index contributed by atoms with van der Waals surface area (Å²) in [5, 5.41) is 12.1. The van der Waals surface area contributed by atoms with Crippen LogP contribution in [0.3, 0.4) is 0 Å². The van der Waals surface area contributed by atoms with Gasteiger partial charge in [-0.05, 0) is 49.6 Å². The smallest absolute Gasteiger partial charge is 0.303 e. The van der Waals surface area contributed by atoms with Gasteiger partial charge in [0.15, 0.2) is 16.6 Å². The number of amides is 2. The third-order valence-electron chi connectivity index (χ3n) is 5.33. The lowest BCUT2D eigenvalue weighted by Crippen LogP contribution is -2.41. The Kier molecular flexibility index (Phi) is 6.18. The maximum Gasteiger partial charge on any atom is 0.303 e. The van der Waals surface area contributed by atoms with E-state index < -0.39 is 23.7 Å². The molecule has 0 radical (unpaired) electrons. The largest absolute Gasteiger partial charge is 0.481 e. The highest BCUT2D eigenvalue weighted by molar-refractivity contribution is 7.09. The number of hydrogen-bond acceptors (Lipinski definition) is 7. The van der Waals surface area contributed by atoms with E-state index in [0.29, 0.717) is 41.0 Å². The molecule has 4 rings (SSSR count). The molecule has 0 saturated carbocycles. The highest BCUT2D eigenvalue weighted by atomic mass is 32.1. The van der Waals surface area contributed by atoms with E-state index in [4.69, 9.17) is 5.11 Å². The monoisotopic (exact) mass is 472 g/mol. The van der Waals surface area contributed by atoms with Crippen molar-refractivity contribution in [3.8, 4) is 10.8 Å². The first kappa shape index (κ1) is 22.5. The molecule has 1 aromatic carbocycles. The van der Waals surface area contributed by atoms with Gasteiger partial charge in [-0.1, -0.05) is 0 Å². The fourth-order valence-electron chi connectivity index (χ4n) is 3.76. The van der Waals surface area contributed by atoms with Crippen LogP contribution < -0.4 is 5.32 Å². The van der Waals surface area contributed by atoms with Crippen molar-refractivity contribution >= 4 is 35.1 Å². The second-order valence-electron chi connectivity index (χ2n) is 7.59. The standard InChI is InChI=1S/C21H21FN6O4S/c1-11-17-18(24-15(29)7-8-16(30)31)25-19(20-23-12(2)26-33-20)28(17)10-9-27(11)21(32)13-3-5-14(22)6-4-13/h3-6,11H,7-10H2,1-2H3,(H,24,29)(H,30,31). The summed E-state index contributed by atoms with van der Waals surface area (Å²) in [5.41, 5.74) is 0.950. The van der Waals surface area contributed by atoms with Crippen LogP contribution in [0.2, 0.25) is 0 Å². The molecule has 10 nitrogen and oxygen atoms in total. The van der Waals surface area contributed by atoms with Gasteiger partial charge in [-0.15, -0.1) is 0 Å². The van der Waals surface area contributed by atoms with E-state index in [0.717, 1.165) is 0 Å². The van der Waals surface area contributed by atoms with Gasteiger partial charge < -0.3 is 19.9 Å². The van der Waals surface area contributed by atoms with Crippen molar-refractivity contribution in [3.05, 3.63) is 47.2 Å². The molecule has 3 aromatic rings. The summed E-state index contributed by atoms with van der Waals surface area (Å²) in [6.45, 7) is 4.35. The van der Waals surface area contributed by atoms with E-state index in [9.17, 15) is 18.8 Å². The van der Waals surface area contributed by atoms with Crippen molar-refractivity contribution in [2.45, 2.75) is 39.3 Å². The number of rotatable bonds is 6. The zero-order valence-electron chi connectivity index (χ0n) is 17.9. The molecule has 1 atom stereocenters. The molecular formula is C21H21FN6O4S. The zero-order chi connectivity index (χ0) is 23.7. The molecule has 33 heavy (non-hydrogen) atoms. The Morgan fingerprint density at radius 3 is 2.55 bits per heavy atom. The second kappa shape index (κ2) is 9.06. The molecule has 172 valence electrons. The summed E-state index contributed by atoms with van der Waals surface area (Å²) >= 11 is 1.18. The van der Waals surface area contributed by atoms with Crippen LogP contribution in [0.1, 0.15) is 47.7 Å². The van der Waals surface area contributed by atoms with Gasteiger partial charge in [0.1, 0.15) is 11.6 Å². The number of aromatic nitrogens is 4. The zero-order valence-corrected chi connectivity index (χ0v) is 18.7. The average molecular weight is 473 g/mol. The van der Waals surface area contributed by atoms with Gasteiger partial charge in [-0.3, -0.25) is 14.4 Å². The molecule has 0 bridgehead atoms.